The quantitative estimate of drug-likeness (QED) is 0.153. The second-order valence-corrected chi connectivity index (χ2v) is 10.4. The molecular formula is C30H39N5O6. The lowest BCUT2D eigenvalue weighted by Crippen LogP contribution is -2.60. The van der Waals surface area contributed by atoms with Crippen molar-refractivity contribution in [1.82, 2.24) is 20.9 Å². The van der Waals surface area contributed by atoms with E-state index in [-0.39, 0.29) is 18.8 Å². The molecule has 11 heteroatoms. The topological polar surface area (TPSA) is 187 Å². The average Bonchev–Trinajstić information content (AvgIpc) is 3.36. The van der Waals surface area contributed by atoms with Gasteiger partial charge >= 0.3 is 5.97 Å². The zero-order valence-electron chi connectivity index (χ0n) is 23.5. The lowest BCUT2D eigenvalue weighted by Gasteiger charge is -2.28. The Labute approximate surface area is 238 Å². The fourth-order valence-electron chi connectivity index (χ4n) is 4.55. The summed E-state index contributed by atoms with van der Waals surface area (Å²) in [5.41, 5.74) is 8.76. The number of hydrogen-bond acceptors (Lipinski definition) is 6. The minimum atomic E-state index is -1.46. The van der Waals surface area contributed by atoms with Gasteiger partial charge in [-0.1, -0.05) is 68.8 Å². The summed E-state index contributed by atoms with van der Waals surface area (Å²) >= 11 is 0. The Kier molecular flexibility index (Phi) is 11.0. The molecule has 0 fully saturated rings. The molecule has 2 aromatic carbocycles. The molecule has 0 aliphatic heterocycles. The van der Waals surface area contributed by atoms with Crippen LogP contribution in [0.4, 0.5) is 0 Å². The van der Waals surface area contributed by atoms with Crippen LogP contribution < -0.4 is 21.7 Å². The molecule has 1 aromatic heterocycles. The van der Waals surface area contributed by atoms with Gasteiger partial charge < -0.3 is 36.9 Å². The number of aromatic nitrogens is 1. The molecular weight excluding hydrogens is 526 g/mol. The number of aromatic amines is 1. The molecule has 0 bridgehead atoms. The number of aliphatic hydroxyl groups excluding tert-OH is 1. The first-order valence-electron chi connectivity index (χ1n) is 13.7. The maximum absolute atomic E-state index is 13.4. The molecule has 0 saturated carbocycles. The molecule has 0 saturated heterocycles. The Morgan fingerprint density at radius 2 is 1.49 bits per heavy atom. The average molecular weight is 566 g/mol. The Bertz CT molecular complexity index is 1340. The summed E-state index contributed by atoms with van der Waals surface area (Å²) in [6, 6.07) is 11.9. The maximum Gasteiger partial charge on any atom is 0.326 e. The fraction of sp³-hybridized carbons (Fsp3) is 0.400. The summed E-state index contributed by atoms with van der Waals surface area (Å²) in [5.74, 6) is -3.74. The van der Waals surface area contributed by atoms with E-state index in [0.717, 1.165) is 22.0 Å². The molecule has 1 heterocycles. The second kappa shape index (κ2) is 14.4. The number of benzene rings is 2. The molecule has 220 valence electrons. The number of carbonyl (C=O) groups is 4. The van der Waals surface area contributed by atoms with Gasteiger partial charge in [0.15, 0.2) is 0 Å². The van der Waals surface area contributed by atoms with Gasteiger partial charge in [-0.05, 0) is 36.5 Å². The van der Waals surface area contributed by atoms with Crippen molar-refractivity contribution < 1.29 is 29.4 Å². The Balaban J connectivity index is 1.76. The van der Waals surface area contributed by atoms with Crippen molar-refractivity contribution in [2.75, 3.05) is 0 Å². The monoisotopic (exact) mass is 565 g/mol. The zero-order valence-corrected chi connectivity index (χ0v) is 23.5. The minimum Gasteiger partial charge on any atom is -0.480 e. The number of carboxylic acid groups (broad SMARTS) is 1. The van der Waals surface area contributed by atoms with Crippen LogP contribution in [0, 0.1) is 5.92 Å². The molecule has 3 amide bonds. The second-order valence-electron chi connectivity index (χ2n) is 10.4. The smallest absolute Gasteiger partial charge is 0.326 e. The van der Waals surface area contributed by atoms with Gasteiger partial charge in [0.25, 0.3) is 0 Å². The lowest BCUT2D eigenvalue weighted by molar-refractivity contribution is -0.144. The third kappa shape index (κ3) is 8.38. The maximum atomic E-state index is 13.4. The molecule has 0 aliphatic carbocycles. The van der Waals surface area contributed by atoms with Crippen LogP contribution in [0.5, 0.6) is 0 Å². The van der Waals surface area contributed by atoms with Crippen LogP contribution in [0.25, 0.3) is 10.9 Å². The van der Waals surface area contributed by atoms with Crippen molar-refractivity contribution in [1.29, 1.82) is 0 Å². The van der Waals surface area contributed by atoms with Crippen molar-refractivity contribution in [3.05, 3.63) is 71.9 Å². The van der Waals surface area contributed by atoms with Crippen LogP contribution in [0.1, 0.15) is 38.3 Å². The highest BCUT2D eigenvalue weighted by Crippen LogP contribution is 2.19. The number of rotatable bonds is 14. The predicted molar refractivity (Wildman–Crippen MR) is 155 cm³/mol. The highest BCUT2D eigenvalue weighted by Gasteiger charge is 2.34. The van der Waals surface area contributed by atoms with Crippen molar-refractivity contribution >= 4 is 34.6 Å². The highest BCUT2D eigenvalue weighted by atomic mass is 16.4. The molecule has 6 atom stereocenters. The third-order valence-corrected chi connectivity index (χ3v) is 7.21. The summed E-state index contributed by atoms with van der Waals surface area (Å²) < 4.78 is 0. The largest absolute Gasteiger partial charge is 0.480 e. The Morgan fingerprint density at radius 3 is 2.12 bits per heavy atom. The van der Waals surface area contributed by atoms with Crippen LogP contribution in [-0.4, -0.2) is 69.2 Å². The van der Waals surface area contributed by atoms with E-state index >= 15 is 0 Å². The summed E-state index contributed by atoms with van der Waals surface area (Å²) in [7, 11) is 0. The van der Waals surface area contributed by atoms with Gasteiger partial charge in [-0.3, -0.25) is 14.4 Å². The Morgan fingerprint density at radius 1 is 0.854 bits per heavy atom. The highest BCUT2D eigenvalue weighted by molar-refractivity contribution is 5.95. The molecule has 0 radical (unpaired) electrons. The first-order valence-corrected chi connectivity index (χ1v) is 13.7. The number of para-hydroxylation sites is 1. The van der Waals surface area contributed by atoms with Gasteiger partial charge in [0.1, 0.15) is 18.1 Å². The first-order chi connectivity index (χ1) is 19.5. The van der Waals surface area contributed by atoms with E-state index in [0.29, 0.717) is 6.42 Å². The number of H-pyrrole nitrogens is 1. The van der Waals surface area contributed by atoms with Gasteiger partial charge in [0.2, 0.25) is 17.7 Å². The number of carboxylic acids is 1. The van der Waals surface area contributed by atoms with Gasteiger partial charge in [-0.25, -0.2) is 4.79 Å². The van der Waals surface area contributed by atoms with Crippen LogP contribution in [0.3, 0.4) is 0 Å². The van der Waals surface area contributed by atoms with Crippen molar-refractivity contribution in [3.8, 4) is 0 Å². The number of fused-ring (bicyclic) bond motifs is 1. The molecule has 0 aliphatic rings. The molecule has 41 heavy (non-hydrogen) atoms. The van der Waals surface area contributed by atoms with Crippen molar-refractivity contribution in [2.24, 2.45) is 11.7 Å². The zero-order chi connectivity index (χ0) is 30.1. The lowest BCUT2D eigenvalue weighted by atomic mass is 9.98. The van der Waals surface area contributed by atoms with E-state index in [9.17, 15) is 29.4 Å². The van der Waals surface area contributed by atoms with E-state index in [1.165, 1.54) is 6.92 Å². The van der Waals surface area contributed by atoms with Gasteiger partial charge in [0, 0.05) is 23.5 Å². The van der Waals surface area contributed by atoms with Crippen LogP contribution in [-0.2, 0) is 32.0 Å². The molecule has 3 aromatic rings. The van der Waals surface area contributed by atoms with Gasteiger partial charge in [-0.2, -0.15) is 0 Å². The van der Waals surface area contributed by atoms with E-state index in [1.54, 1.807) is 44.3 Å². The first kappa shape index (κ1) is 31.3. The number of amides is 3. The van der Waals surface area contributed by atoms with E-state index in [1.807, 2.05) is 30.3 Å². The van der Waals surface area contributed by atoms with E-state index < -0.39 is 54.0 Å². The van der Waals surface area contributed by atoms with Gasteiger partial charge in [-0.15, -0.1) is 0 Å². The molecule has 3 rings (SSSR count). The summed E-state index contributed by atoms with van der Waals surface area (Å²) in [6.45, 7) is 4.78. The van der Waals surface area contributed by atoms with Crippen LogP contribution >= 0.6 is 0 Å². The SMILES string of the molecule is CCC(C)C(NC(=O)C(NC(=O)C(Cc1ccccc1)NC(=O)C(N)Cc1c[nH]c2ccccc12)C(C)O)C(=O)O. The van der Waals surface area contributed by atoms with Gasteiger partial charge in [0.05, 0.1) is 12.1 Å². The van der Waals surface area contributed by atoms with E-state index in [2.05, 4.69) is 20.9 Å². The number of nitrogens with two attached hydrogens (primary N) is 1. The molecule has 11 nitrogen and oxygen atoms in total. The summed E-state index contributed by atoms with van der Waals surface area (Å²) in [5, 5.41) is 28.4. The molecule has 0 spiro atoms. The Hall–Kier alpha value is -4.22. The molecule has 8 N–H and O–H groups in total. The number of carbonyl (C=O) groups excluding carboxylic acids is 3. The van der Waals surface area contributed by atoms with Crippen LogP contribution in [0.2, 0.25) is 0 Å². The van der Waals surface area contributed by atoms with Crippen molar-refractivity contribution in [3.63, 3.8) is 0 Å². The number of nitrogens with one attached hydrogen (secondary N) is 4. The third-order valence-electron chi connectivity index (χ3n) is 7.21. The normalized spacial score (nSPS) is 15.6. The van der Waals surface area contributed by atoms with Crippen molar-refractivity contribution in [2.45, 2.75) is 70.3 Å². The molecule has 6 unspecified atom stereocenters. The minimum absolute atomic E-state index is 0.0942. The van der Waals surface area contributed by atoms with E-state index in [4.69, 9.17) is 5.73 Å². The number of aliphatic hydroxyl groups is 1. The fourth-order valence-corrected chi connectivity index (χ4v) is 4.55. The summed E-state index contributed by atoms with van der Waals surface area (Å²) in [6.07, 6.45) is 1.26. The summed E-state index contributed by atoms with van der Waals surface area (Å²) in [4.78, 5) is 54.5. The standard InChI is InChI=1S/C30H39N5O6/c1-4-17(2)25(30(40)41)34-29(39)26(18(3)36)35-28(38)24(14-19-10-6-5-7-11-19)33-27(37)22(31)15-20-16-32-23-13-9-8-12-21(20)23/h5-13,16-18,22,24-26,32,36H,4,14-15,31H2,1-3H3,(H,33,37)(H,34,39)(H,35,38)(H,40,41). The number of hydrogen-bond donors (Lipinski definition) is 7. The number of aliphatic carboxylic acids is 1. The van der Waals surface area contributed by atoms with Crippen LogP contribution in [0.15, 0.2) is 60.8 Å². The predicted octanol–water partition coefficient (Wildman–Crippen LogP) is 1.25.